The van der Waals surface area contributed by atoms with Gasteiger partial charge >= 0.3 is 5.63 Å². The summed E-state index contributed by atoms with van der Waals surface area (Å²) in [4.78, 5) is 38.0. The Morgan fingerprint density at radius 1 is 0.917 bits per heavy atom. The number of carbonyl (C=O) groups excluding carboxylic acids is 2. The molecule has 0 N–H and O–H groups in total. The lowest BCUT2D eigenvalue weighted by Crippen LogP contribution is -2.29. The molecule has 118 valence electrons. The number of imide groups is 1. The zero-order valence-corrected chi connectivity index (χ0v) is 12.9. The van der Waals surface area contributed by atoms with E-state index in [0.717, 1.165) is 10.9 Å². The summed E-state index contributed by atoms with van der Waals surface area (Å²) in [5.41, 5.74) is 2.30. The number of fused-ring (bicyclic) bond motifs is 2. The Kier molecular flexibility index (Phi) is 3.09. The summed E-state index contributed by atoms with van der Waals surface area (Å²) in [7, 11) is 0. The van der Waals surface area contributed by atoms with Crippen molar-refractivity contribution in [2.45, 2.75) is 13.5 Å². The molecule has 0 saturated heterocycles. The number of benzene rings is 2. The molecule has 3 aromatic rings. The predicted octanol–water partition coefficient (Wildman–Crippen LogP) is 2.90. The summed E-state index contributed by atoms with van der Waals surface area (Å²) in [6, 6.07) is 13.6. The summed E-state index contributed by atoms with van der Waals surface area (Å²) < 4.78 is 5.22. The van der Waals surface area contributed by atoms with E-state index in [4.69, 9.17) is 4.42 Å². The van der Waals surface area contributed by atoms with E-state index in [-0.39, 0.29) is 18.4 Å². The summed E-state index contributed by atoms with van der Waals surface area (Å²) >= 11 is 0. The zero-order valence-electron chi connectivity index (χ0n) is 12.9. The lowest BCUT2D eigenvalue weighted by atomic mass is 10.1. The number of rotatable bonds is 2. The highest BCUT2D eigenvalue weighted by Crippen LogP contribution is 2.26. The van der Waals surface area contributed by atoms with Crippen LogP contribution in [0.3, 0.4) is 0 Å². The van der Waals surface area contributed by atoms with Crippen molar-refractivity contribution in [2.75, 3.05) is 0 Å². The first-order valence-electron chi connectivity index (χ1n) is 7.53. The van der Waals surface area contributed by atoms with Gasteiger partial charge in [-0.15, -0.1) is 0 Å². The Hall–Kier alpha value is -3.21. The van der Waals surface area contributed by atoms with E-state index in [1.807, 2.05) is 19.1 Å². The second-order valence-corrected chi connectivity index (χ2v) is 5.83. The molecule has 2 amide bonds. The van der Waals surface area contributed by atoms with Crippen molar-refractivity contribution in [3.63, 3.8) is 0 Å². The molecule has 0 atom stereocenters. The molecule has 1 aliphatic rings. The highest BCUT2D eigenvalue weighted by molar-refractivity contribution is 6.21. The second-order valence-electron chi connectivity index (χ2n) is 5.83. The van der Waals surface area contributed by atoms with Gasteiger partial charge in [-0.3, -0.25) is 14.5 Å². The molecule has 0 saturated carbocycles. The summed E-state index contributed by atoms with van der Waals surface area (Å²) in [5, 5.41) is 0.719. The SMILES string of the molecule is Cc1ccc2c(CN3C(=O)c4ccccc4C3=O)cc(=O)oc2c1. The topological polar surface area (TPSA) is 67.6 Å². The number of carbonyl (C=O) groups is 2. The van der Waals surface area contributed by atoms with E-state index in [0.29, 0.717) is 22.3 Å². The van der Waals surface area contributed by atoms with Gasteiger partial charge in [-0.25, -0.2) is 4.79 Å². The van der Waals surface area contributed by atoms with Crippen molar-refractivity contribution in [3.05, 3.63) is 81.2 Å². The average molecular weight is 319 g/mol. The van der Waals surface area contributed by atoms with E-state index >= 15 is 0 Å². The summed E-state index contributed by atoms with van der Waals surface area (Å²) in [6.07, 6.45) is 0. The fourth-order valence-corrected chi connectivity index (χ4v) is 3.02. The molecule has 2 heterocycles. The molecule has 4 rings (SSSR count). The Balaban J connectivity index is 1.80. The fourth-order valence-electron chi connectivity index (χ4n) is 3.02. The zero-order chi connectivity index (χ0) is 16.8. The van der Waals surface area contributed by atoms with Crippen LogP contribution in [-0.2, 0) is 6.54 Å². The molecule has 0 aliphatic carbocycles. The molecule has 0 unspecified atom stereocenters. The molecule has 5 heteroatoms. The number of hydrogen-bond acceptors (Lipinski definition) is 4. The standard InChI is InChI=1S/C19H13NO4/c1-11-6-7-13-12(9-17(21)24-16(13)8-11)10-20-18(22)14-4-2-3-5-15(14)19(20)23/h2-9H,10H2,1H3. The fraction of sp³-hybridized carbons (Fsp3) is 0.105. The van der Waals surface area contributed by atoms with Crippen LogP contribution in [0, 0.1) is 6.92 Å². The summed E-state index contributed by atoms with van der Waals surface area (Å²) in [5.74, 6) is -0.687. The minimum atomic E-state index is -0.500. The number of aryl methyl sites for hydroxylation is 1. The van der Waals surface area contributed by atoms with Crippen molar-refractivity contribution >= 4 is 22.8 Å². The first-order chi connectivity index (χ1) is 11.5. The van der Waals surface area contributed by atoms with E-state index in [1.54, 1.807) is 30.3 Å². The highest BCUT2D eigenvalue weighted by Gasteiger charge is 2.35. The van der Waals surface area contributed by atoms with Gasteiger partial charge in [0.1, 0.15) is 5.58 Å². The third kappa shape index (κ3) is 2.13. The lowest BCUT2D eigenvalue weighted by molar-refractivity contribution is 0.0642. The minimum absolute atomic E-state index is 0.0392. The van der Waals surface area contributed by atoms with Crippen LogP contribution in [0.1, 0.15) is 31.8 Å². The largest absolute Gasteiger partial charge is 0.423 e. The van der Waals surface area contributed by atoms with Crippen LogP contribution in [0.25, 0.3) is 11.0 Å². The van der Waals surface area contributed by atoms with E-state index in [9.17, 15) is 14.4 Å². The van der Waals surface area contributed by atoms with Crippen LogP contribution in [0.2, 0.25) is 0 Å². The van der Waals surface area contributed by atoms with Gasteiger partial charge in [0.2, 0.25) is 0 Å². The molecule has 5 nitrogen and oxygen atoms in total. The smallest absolute Gasteiger partial charge is 0.336 e. The quantitative estimate of drug-likeness (QED) is 0.538. The van der Waals surface area contributed by atoms with Crippen molar-refractivity contribution in [1.82, 2.24) is 4.90 Å². The van der Waals surface area contributed by atoms with Crippen LogP contribution < -0.4 is 5.63 Å². The molecule has 0 radical (unpaired) electrons. The maximum absolute atomic E-state index is 12.5. The highest BCUT2D eigenvalue weighted by atomic mass is 16.4. The van der Waals surface area contributed by atoms with Crippen LogP contribution in [0.15, 0.2) is 57.7 Å². The molecule has 24 heavy (non-hydrogen) atoms. The third-order valence-electron chi connectivity index (χ3n) is 4.19. The predicted molar refractivity (Wildman–Crippen MR) is 87.9 cm³/mol. The number of amides is 2. The van der Waals surface area contributed by atoms with E-state index < -0.39 is 5.63 Å². The monoisotopic (exact) mass is 319 g/mol. The average Bonchev–Trinajstić information content (AvgIpc) is 2.80. The van der Waals surface area contributed by atoms with Crippen LogP contribution in [0.5, 0.6) is 0 Å². The minimum Gasteiger partial charge on any atom is -0.423 e. The molecule has 1 aliphatic heterocycles. The molecule has 2 aromatic carbocycles. The van der Waals surface area contributed by atoms with Crippen LogP contribution in [-0.4, -0.2) is 16.7 Å². The Morgan fingerprint density at radius 2 is 1.58 bits per heavy atom. The maximum Gasteiger partial charge on any atom is 0.336 e. The van der Waals surface area contributed by atoms with Gasteiger partial charge in [0, 0.05) is 11.5 Å². The molecule has 0 bridgehead atoms. The van der Waals surface area contributed by atoms with Gasteiger partial charge in [0.15, 0.2) is 0 Å². The van der Waals surface area contributed by atoms with Gasteiger partial charge in [0.05, 0.1) is 17.7 Å². The first kappa shape index (κ1) is 14.4. The van der Waals surface area contributed by atoms with Crippen molar-refractivity contribution < 1.29 is 14.0 Å². The van der Waals surface area contributed by atoms with Gasteiger partial charge in [-0.1, -0.05) is 24.3 Å². The molecular weight excluding hydrogens is 306 g/mol. The Morgan fingerprint density at radius 3 is 2.25 bits per heavy atom. The van der Waals surface area contributed by atoms with Gasteiger partial charge in [-0.05, 0) is 36.2 Å². The molecule has 0 spiro atoms. The molecule has 1 aromatic heterocycles. The van der Waals surface area contributed by atoms with Gasteiger partial charge in [-0.2, -0.15) is 0 Å². The molecular formula is C19H13NO4. The van der Waals surface area contributed by atoms with Crippen molar-refractivity contribution in [1.29, 1.82) is 0 Å². The maximum atomic E-state index is 12.5. The van der Waals surface area contributed by atoms with Crippen molar-refractivity contribution in [2.24, 2.45) is 0 Å². The Labute approximate surface area is 137 Å². The van der Waals surface area contributed by atoms with Gasteiger partial charge in [0.25, 0.3) is 11.8 Å². The van der Waals surface area contributed by atoms with Crippen LogP contribution in [0.4, 0.5) is 0 Å². The second kappa shape index (κ2) is 5.16. The Bertz CT molecular complexity index is 1030. The first-order valence-corrected chi connectivity index (χ1v) is 7.53. The third-order valence-corrected chi connectivity index (χ3v) is 4.19. The van der Waals surface area contributed by atoms with E-state index in [2.05, 4.69) is 0 Å². The number of hydrogen-bond donors (Lipinski definition) is 0. The number of nitrogens with zero attached hydrogens (tertiary/aromatic N) is 1. The van der Waals surface area contributed by atoms with Crippen LogP contribution >= 0.6 is 0 Å². The van der Waals surface area contributed by atoms with Crippen molar-refractivity contribution in [3.8, 4) is 0 Å². The normalized spacial score (nSPS) is 13.6. The lowest BCUT2D eigenvalue weighted by Gasteiger charge is -2.15. The van der Waals surface area contributed by atoms with Gasteiger partial charge < -0.3 is 4.42 Å². The molecule has 0 fully saturated rings. The summed E-state index contributed by atoms with van der Waals surface area (Å²) in [6.45, 7) is 1.94. The van der Waals surface area contributed by atoms with E-state index in [1.165, 1.54) is 11.0 Å².